The second-order valence-corrected chi connectivity index (χ2v) is 4.78. The number of fused-ring (bicyclic) bond motifs is 1. The molecule has 2 rings (SSSR count). The van der Waals surface area contributed by atoms with Crippen molar-refractivity contribution in [2.45, 2.75) is 12.8 Å². The summed E-state index contributed by atoms with van der Waals surface area (Å²) in [5.74, 6) is 0.827. The SMILES string of the molecule is O=C(/C=C/c1ccc2c(c1)CCO2)NCCCOCCO. The van der Waals surface area contributed by atoms with Crippen LogP contribution in [-0.2, 0) is 16.0 Å². The lowest BCUT2D eigenvalue weighted by Crippen LogP contribution is -2.23. The maximum absolute atomic E-state index is 11.6. The number of aliphatic hydroxyl groups excluding tert-OH is 1. The van der Waals surface area contributed by atoms with Gasteiger partial charge in [0.2, 0.25) is 5.91 Å². The average molecular weight is 291 g/mol. The third-order valence-electron chi connectivity index (χ3n) is 3.14. The second-order valence-electron chi connectivity index (χ2n) is 4.78. The third kappa shape index (κ3) is 5.21. The molecule has 0 fully saturated rings. The van der Waals surface area contributed by atoms with E-state index in [1.165, 1.54) is 11.6 Å². The van der Waals surface area contributed by atoms with Crippen molar-refractivity contribution >= 4 is 12.0 Å². The maximum Gasteiger partial charge on any atom is 0.244 e. The first-order chi connectivity index (χ1) is 10.3. The average Bonchev–Trinajstić information content (AvgIpc) is 2.96. The highest BCUT2D eigenvalue weighted by Crippen LogP contribution is 2.26. The van der Waals surface area contributed by atoms with Gasteiger partial charge in [-0.2, -0.15) is 0 Å². The Balaban J connectivity index is 1.70. The first-order valence-electron chi connectivity index (χ1n) is 7.20. The first kappa shape index (κ1) is 15.5. The van der Waals surface area contributed by atoms with Gasteiger partial charge in [0.1, 0.15) is 5.75 Å². The number of hydrogen-bond donors (Lipinski definition) is 2. The molecule has 0 spiro atoms. The predicted octanol–water partition coefficient (Wildman–Crippen LogP) is 1.15. The fraction of sp³-hybridized carbons (Fsp3) is 0.438. The quantitative estimate of drug-likeness (QED) is 0.557. The predicted molar refractivity (Wildman–Crippen MR) is 80.2 cm³/mol. The molecule has 1 aromatic rings. The lowest BCUT2D eigenvalue weighted by Gasteiger charge is -2.03. The van der Waals surface area contributed by atoms with E-state index >= 15 is 0 Å². The lowest BCUT2D eigenvalue weighted by atomic mass is 10.1. The minimum Gasteiger partial charge on any atom is -0.493 e. The Morgan fingerprint density at radius 1 is 1.43 bits per heavy atom. The van der Waals surface area contributed by atoms with Gasteiger partial charge in [-0.3, -0.25) is 4.79 Å². The van der Waals surface area contributed by atoms with Crippen molar-refractivity contribution in [2.75, 3.05) is 33.0 Å². The number of carbonyl (C=O) groups excluding carboxylic acids is 1. The van der Waals surface area contributed by atoms with Crippen LogP contribution in [0.25, 0.3) is 6.08 Å². The maximum atomic E-state index is 11.6. The summed E-state index contributed by atoms with van der Waals surface area (Å²) in [6, 6.07) is 5.93. The molecule has 0 saturated carbocycles. The Labute approximate surface area is 124 Å². The van der Waals surface area contributed by atoms with Crippen LogP contribution in [0, 0.1) is 0 Å². The molecule has 1 aliphatic heterocycles. The Morgan fingerprint density at radius 2 is 2.33 bits per heavy atom. The molecular weight excluding hydrogens is 270 g/mol. The molecule has 0 bridgehead atoms. The van der Waals surface area contributed by atoms with E-state index in [-0.39, 0.29) is 12.5 Å². The largest absolute Gasteiger partial charge is 0.493 e. The summed E-state index contributed by atoms with van der Waals surface area (Å²) in [5.41, 5.74) is 2.19. The molecule has 5 heteroatoms. The van der Waals surface area contributed by atoms with Crippen LogP contribution in [0.4, 0.5) is 0 Å². The summed E-state index contributed by atoms with van der Waals surface area (Å²) in [4.78, 5) is 11.6. The highest BCUT2D eigenvalue weighted by Gasteiger charge is 2.10. The van der Waals surface area contributed by atoms with Crippen LogP contribution in [-0.4, -0.2) is 44.0 Å². The fourth-order valence-electron chi connectivity index (χ4n) is 2.09. The van der Waals surface area contributed by atoms with Crippen LogP contribution in [0.1, 0.15) is 17.5 Å². The molecule has 0 unspecified atom stereocenters. The molecule has 1 aliphatic rings. The van der Waals surface area contributed by atoms with E-state index in [1.54, 1.807) is 6.08 Å². The number of nitrogens with one attached hydrogen (secondary N) is 1. The Morgan fingerprint density at radius 3 is 3.19 bits per heavy atom. The van der Waals surface area contributed by atoms with Crippen molar-refractivity contribution in [2.24, 2.45) is 0 Å². The van der Waals surface area contributed by atoms with Crippen LogP contribution in [0.15, 0.2) is 24.3 Å². The van der Waals surface area contributed by atoms with Crippen LogP contribution < -0.4 is 10.1 Å². The van der Waals surface area contributed by atoms with Crippen molar-refractivity contribution in [3.05, 3.63) is 35.4 Å². The minimum absolute atomic E-state index is 0.0287. The molecule has 0 aromatic heterocycles. The molecule has 0 aliphatic carbocycles. The van der Waals surface area contributed by atoms with Gasteiger partial charge in [-0.25, -0.2) is 0 Å². The summed E-state index contributed by atoms with van der Waals surface area (Å²) in [6.07, 6.45) is 5.00. The van der Waals surface area contributed by atoms with E-state index in [0.717, 1.165) is 30.8 Å². The zero-order valence-electron chi connectivity index (χ0n) is 12.0. The van der Waals surface area contributed by atoms with Crippen LogP contribution in [0.2, 0.25) is 0 Å². The molecule has 5 nitrogen and oxygen atoms in total. The number of hydrogen-bond acceptors (Lipinski definition) is 4. The molecule has 1 heterocycles. The van der Waals surface area contributed by atoms with Crippen LogP contribution >= 0.6 is 0 Å². The van der Waals surface area contributed by atoms with E-state index in [1.807, 2.05) is 12.1 Å². The zero-order valence-corrected chi connectivity index (χ0v) is 12.0. The van der Waals surface area contributed by atoms with Crippen molar-refractivity contribution in [3.63, 3.8) is 0 Å². The summed E-state index contributed by atoms with van der Waals surface area (Å²) < 4.78 is 10.5. The summed E-state index contributed by atoms with van der Waals surface area (Å²) >= 11 is 0. The van der Waals surface area contributed by atoms with Gasteiger partial charge in [0.15, 0.2) is 0 Å². The molecule has 114 valence electrons. The second kappa shape index (κ2) is 8.44. The third-order valence-corrected chi connectivity index (χ3v) is 3.14. The highest BCUT2D eigenvalue weighted by atomic mass is 16.5. The van der Waals surface area contributed by atoms with Crippen LogP contribution in [0.5, 0.6) is 5.75 Å². The van der Waals surface area contributed by atoms with Gasteiger partial charge in [-0.1, -0.05) is 6.07 Å². The fourth-order valence-corrected chi connectivity index (χ4v) is 2.09. The summed E-state index contributed by atoms with van der Waals surface area (Å²) in [6.45, 7) is 2.21. The van der Waals surface area contributed by atoms with Crippen molar-refractivity contribution in [1.29, 1.82) is 0 Å². The van der Waals surface area contributed by atoms with E-state index in [2.05, 4.69) is 11.4 Å². The monoisotopic (exact) mass is 291 g/mol. The normalized spacial score (nSPS) is 13.2. The van der Waals surface area contributed by atoms with Crippen molar-refractivity contribution < 1.29 is 19.4 Å². The topological polar surface area (TPSA) is 67.8 Å². The van der Waals surface area contributed by atoms with Gasteiger partial charge in [0, 0.05) is 25.6 Å². The van der Waals surface area contributed by atoms with Gasteiger partial charge < -0.3 is 19.9 Å². The van der Waals surface area contributed by atoms with Crippen molar-refractivity contribution in [3.8, 4) is 5.75 Å². The number of amides is 1. The Hall–Kier alpha value is -1.85. The number of ether oxygens (including phenoxy) is 2. The number of carbonyl (C=O) groups is 1. The molecular formula is C16H21NO4. The van der Waals surface area contributed by atoms with E-state index in [4.69, 9.17) is 14.6 Å². The first-order valence-corrected chi connectivity index (χ1v) is 7.20. The standard InChI is InChI=1S/C16H21NO4/c18-8-11-20-9-1-7-17-16(19)5-3-13-2-4-15-14(12-13)6-10-21-15/h2-5,12,18H,1,6-11H2,(H,17,19)/b5-3+. The van der Waals surface area contributed by atoms with E-state index < -0.39 is 0 Å². The Kier molecular flexibility index (Phi) is 6.24. The van der Waals surface area contributed by atoms with Gasteiger partial charge in [0.05, 0.1) is 19.8 Å². The summed E-state index contributed by atoms with van der Waals surface area (Å²) in [7, 11) is 0. The van der Waals surface area contributed by atoms with Gasteiger partial charge in [-0.15, -0.1) is 0 Å². The Bertz CT molecular complexity index is 499. The lowest BCUT2D eigenvalue weighted by molar-refractivity contribution is -0.116. The molecule has 1 aromatic carbocycles. The molecule has 0 atom stereocenters. The zero-order chi connectivity index (χ0) is 14.9. The van der Waals surface area contributed by atoms with Gasteiger partial charge >= 0.3 is 0 Å². The molecule has 1 amide bonds. The molecule has 21 heavy (non-hydrogen) atoms. The van der Waals surface area contributed by atoms with E-state index in [9.17, 15) is 4.79 Å². The summed E-state index contributed by atoms with van der Waals surface area (Å²) in [5, 5.41) is 11.3. The smallest absolute Gasteiger partial charge is 0.244 e. The minimum atomic E-state index is -0.117. The number of benzene rings is 1. The highest BCUT2D eigenvalue weighted by molar-refractivity contribution is 5.91. The number of rotatable bonds is 8. The molecule has 0 saturated heterocycles. The van der Waals surface area contributed by atoms with Crippen molar-refractivity contribution in [1.82, 2.24) is 5.32 Å². The molecule has 0 radical (unpaired) electrons. The van der Waals surface area contributed by atoms with E-state index in [0.29, 0.717) is 19.8 Å². The van der Waals surface area contributed by atoms with Crippen LogP contribution in [0.3, 0.4) is 0 Å². The number of aliphatic hydroxyl groups is 1. The van der Waals surface area contributed by atoms with Gasteiger partial charge in [0.25, 0.3) is 0 Å². The molecule has 2 N–H and O–H groups in total. The van der Waals surface area contributed by atoms with Gasteiger partial charge in [-0.05, 0) is 35.8 Å².